The number of likely N-dealkylation sites (tertiary alicyclic amines) is 1. The van der Waals surface area contributed by atoms with Crippen LogP contribution in [0.25, 0.3) is 10.2 Å². The number of thiophene rings is 1. The molecule has 0 spiro atoms. The lowest BCUT2D eigenvalue weighted by molar-refractivity contribution is -0.128. The number of benzene rings is 1. The number of fused-ring (bicyclic) bond motifs is 1. The third-order valence-electron chi connectivity index (χ3n) is 4.59. The summed E-state index contributed by atoms with van der Waals surface area (Å²) in [6.45, 7) is 3.39. The number of rotatable bonds is 5. The highest BCUT2D eigenvalue weighted by Crippen LogP contribution is 2.29. The number of nitrogens with one attached hydrogen (secondary N) is 1. The van der Waals surface area contributed by atoms with Crippen LogP contribution < -0.4 is 10.1 Å². The summed E-state index contributed by atoms with van der Waals surface area (Å²) in [6, 6.07) is 9.65. The van der Waals surface area contributed by atoms with Gasteiger partial charge in [0.1, 0.15) is 28.8 Å². The molecule has 0 bridgehead atoms. The molecule has 1 aliphatic heterocycles. The van der Waals surface area contributed by atoms with Gasteiger partial charge in [0, 0.05) is 18.0 Å². The van der Waals surface area contributed by atoms with Gasteiger partial charge < -0.3 is 15.0 Å². The summed E-state index contributed by atoms with van der Waals surface area (Å²) in [6.07, 6.45) is 2.32. The minimum atomic E-state index is -0.244. The number of aromatic nitrogens is 2. The average Bonchev–Trinajstić information content (AvgIpc) is 3.19. The molecule has 26 heavy (non-hydrogen) atoms. The minimum Gasteiger partial charge on any atom is -0.497 e. The third-order valence-corrected chi connectivity index (χ3v) is 5.55. The molecule has 0 radical (unpaired) electrons. The zero-order chi connectivity index (χ0) is 18.1. The van der Waals surface area contributed by atoms with Gasteiger partial charge in [0.2, 0.25) is 5.91 Å². The van der Waals surface area contributed by atoms with Crippen LogP contribution in [0, 0.1) is 6.92 Å². The molecule has 4 rings (SSSR count). The average molecular weight is 368 g/mol. The molecule has 1 fully saturated rings. The van der Waals surface area contributed by atoms with E-state index in [0.717, 1.165) is 40.3 Å². The second-order valence-corrected chi connectivity index (χ2v) is 7.63. The summed E-state index contributed by atoms with van der Waals surface area (Å²) in [5.74, 6) is 1.67. The number of nitrogens with zero attached hydrogens (tertiary/aromatic N) is 3. The normalized spacial score (nSPS) is 17.1. The van der Waals surface area contributed by atoms with Crippen molar-refractivity contribution in [2.24, 2.45) is 0 Å². The van der Waals surface area contributed by atoms with Crippen LogP contribution in [0.4, 0.5) is 5.82 Å². The summed E-state index contributed by atoms with van der Waals surface area (Å²) < 4.78 is 5.18. The first kappa shape index (κ1) is 16.8. The largest absolute Gasteiger partial charge is 0.497 e. The van der Waals surface area contributed by atoms with Crippen molar-refractivity contribution in [3.63, 3.8) is 0 Å². The molecular formula is C19H20N4O2S. The van der Waals surface area contributed by atoms with E-state index < -0.39 is 0 Å². The molecule has 0 saturated carbocycles. The molecule has 2 aromatic heterocycles. The fourth-order valence-corrected chi connectivity index (χ4v) is 4.08. The number of ether oxygens (including phenoxy) is 1. The number of aryl methyl sites for hydroxylation is 1. The van der Waals surface area contributed by atoms with Gasteiger partial charge in [-0.3, -0.25) is 4.79 Å². The van der Waals surface area contributed by atoms with E-state index in [9.17, 15) is 4.79 Å². The van der Waals surface area contributed by atoms with E-state index in [1.54, 1.807) is 24.8 Å². The first-order chi connectivity index (χ1) is 12.6. The molecular weight excluding hydrogens is 348 g/mol. The predicted molar refractivity (Wildman–Crippen MR) is 103 cm³/mol. The lowest BCUT2D eigenvalue weighted by Gasteiger charge is -2.18. The van der Waals surface area contributed by atoms with Crippen molar-refractivity contribution in [2.45, 2.75) is 25.9 Å². The van der Waals surface area contributed by atoms with Crippen LogP contribution in [0.2, 0.25) is 0 Å². The number of carbonyl (C=O) groups is 1. The molecule has 1 unspecified atom stereocenters. The maximum absolute atomic E-state index is 12.8. The summed E-state index contributed by atoms with van der Waals surface area (Å²) in [7, 11) is 1.65. The molecule has 7 heteroatoms. The van der Waals surface area contributed by atoms with Crippen molar-refractivity contribution in [3.05, 3.63) is 47.1 Å². The molecule has 1 aliphatic rings. The Balaban J connectivity index is 1.46. The molecule has 6 nitrogen and oxygen atoms in total. The quantitative estimate of drug-likeness (QED) is 0.749. The van der Waals surface area contributed by atoms with Crippen molar-refractivity contribution in [1.29, 1.82) is 0 Å². The van der Waals surface area contributed by atoms with Gasteiger partial charge in [-0.2, -0.15) is 0 Å². The van der Waals surface area contributed by atoms with Gasteiger partial charge in [-0.1, -0.05) is 12.1 Å². The Kier molecular flexibility index (Phi) is 4.46. The molecule has 3 aromatic rings. The lowest BCUT2D eigenvalue weighted by atomic mass is 10.2. The van der Waals surface area contributed by atoms with Crippen LogP contribution in [-0.2, 0) is 11.3 Å². The fraction of sp³-hybridized carbons (Fsp3) is 0.316. The van der Waals surface area contributed by atoms with Gasteiger partial charge in [-0.25, -0.2) is 9.97 Å². The second kappa shape index (κ2) is 6.92. The van der Waals surface area contributed by atoms with Crippen molar-refractivity contribution in [3.8, 4) is 5.75 Å². The maximum Gasteiger partial charge on any atom is 0.245 e. The van der Waals surface area contributed by atoms with E-state index in [2.05, 4.69) is 21.4 Å². The molecule has 3 heterocycles. The van der Waals surface area contributed by atoms with Crippen LogP contribution in [0.15, 0.2) is 36.7 Å². The fourth-order valence-electron chi connectivity index (χ4n) is 3.24. The van der Waals surface area contributed by atoms with Gasteiger partial charge in [0.25, 0.3) is 0 Å². The first-order valence-electron chi connectivity index (χ1n) is 8.53. The van der Waals surface area contributed by atoms with Gasteiger partial charge in [0.05, 0.1) is 12.5 Å². The molecule has 1 saturated heterocycles. The number of hydrogen-bond donors (Lipinski definition) is 1. The first-order valence-corrected chi connectivity index (χ1v) is 9.35. The second-order valence-electron chi connectivity index (χ2n) is 6.39. The van der Waals surface area contributed by atoms with E-state index in [4.69, 9.17) is 4.74 Å². The summed E-state index contributed by atoms with van der Waals surface area (Å²) in [4.78, 5) is 25.4. The van der Waals surface area contributed by atoms with E-state index in [-0.39, 0.29) is 11.9 Å². The number of hydrogen-bond acceptors (Lipinski definition) is 6. The topological polar surface area (TPSA) is 67.3 Å². The Bertz CT molecular complexity index is 938. The molecule has 134 valence electrons. The van der Waals surface area contributed by atoms with Crippen molar-refractivity contribution < 1.29 is 9.53 Å². The van der Waals surface area contributed by atoms with Gasteiger partial charge in [-0.15, -0.1) is 11.3 Å². The Labute approximate surface area is 155 Å². The standard InChI is InChI=1S/C19H20N4O2S/c1-12-9-15-17(20-11-21-18(15)26-12)22-16-7-8-23(19(16)24)10-13-3-5-14(25-2)6-4-13/h3-6,9,11,16H,7-8,10H2,1-2H3,(H,20,21,22). The van der Waals surface area contributed by atoms with E-state index >= 15 is 0 Å². The smallest absolute Gasteiger partial charge is 0.245 e. The summed E-state index contributed by atoms with van der Waals surface area (Å²) in [5.41, 5.74) is 1.10. The Hall–Kier alpha value is -2.67. The highest BCUT2D eigenvalue weighted by molar-refractivity contribution is 7.18. The highest BCUT2D eigenvalue weighted by atomic mass is 32.1. The minimum absolute atomic E-state index is 0.111. The summed E-state index contributed by atoms with van der Waals surface area (Å²) >= 11 is 1.63. The van der Waals surface area contributed by atoms with Crippen LogP contribution in [-0.4, -0.2) is 40.5 Å². The highest BCUT2D eigenvalue weighted by Gasteiger charge is 2.32. The van der Waals surface area contributed by atoms with E-state index in [1.807, 2.05) is 36.1 Å². The Morgan fingerprint density at radius 1 is 1.31 bits per heavy atom. The third kappa shape index (κ3) is 3.22. The number of carbonyl (C=O) groups excluding carboxylic acids is 1. The van der Waals surface area contributed by atoms with Gasteiger partial charge in [-0.05, 0) is 37.1 Å². The van der Waals surface area contributed by atoms with Crippen LogP contribution >= 0.6 is 11.3 Å². The van der Waals surface area contributed by atoms with E-state index in [0.29, 0.717) is 6.54 Å². The number of amides is 1. The zero-order valence-electron chi connectivity index (χ0n) is 14.7. The molecule has 0 aliphatic carbocycles. The molecule has 1 aromatic carbocycles. The molecule has 1 amide bonds. The van der Waals surface area contributed by atoms with Crippen LogP contribution in [0.1, 0.15) is 16.9 Å². The van der Waals surface area contributed by atoms with Crippen LogP contribution in [0.5, 0.6) is 5.75 Å². The SMILES string of the molecule is COc1ccc(CN2CCC(Nc3ncnc4sc(C)cc34)C2=O)cc1. The van der Waals surface area contributed by atoms with E-state index in [1.165, 1.54) is 4.88 Å². The Morgan fingerprint density at radius 2 is 2.12 bits per heavy atom. The van der Waals surface area contributed by atoms with Crippen molar-refractivity contribution in [2.75, 3.05) is 19.0 Å². The number of anilines is 1. The summed E-state index contributed by atoms with van der Waals surface area (Å²) in [5, 5.41) is 4.31. The van der Waals surface area contributed by atoms with Crippen molar-refractivity contribution >= 4 is 33.3 Å². The maximum atomic E-state index is 12.8. The Morgan fingerprint density at radius 3 is 2.88 bits per heavy atom. The van der Waals surface area contributed by atoms with Crippen LogP contribution in [0.3, 0.4) is 0 Å². The molecule has 1 atom stereocenters. The lowest BCUT2D eigenvalue weighted by Crippen LogP contribution is -2.33. The van der Waals surface area contributed by atoms with Gasteiger partial charge in [0.15, 0.2) is 0 Å². The molecule has 1 N–H and O–H groups in total. The van der Waals surface area contributed by atoms with Gasteiger partial charge >= 0.3 is 0 Å². The predicted octanol–water partition coefficient (Wildman–Crippen LogP) is 3.22. The monoisotopic (exact) mass is 368 g/mol. The zero-order valence-corrected chi connectivity index (χ0v) is 15.5. The number of methoxy groups -OCH3 is 1. The van der Waals surface area contributed by atoms with Crippen molar-refractivity contribution in [1.82, 2.24) is 14.9 Å².